The molecule has 1 aliphatic heterocycles. The van der Waals surface area contributed by atoms with Crippen molar-refractivity contribution in [3.63, 3.8) is 0 Å². The minimum Gasteiger partial charge on any atom is -0.326 e. The fourth-order valence-corrected chi connectivity index (χ4v) is 4.39. The Balaban J connectivity index is 1.23. The lowest BCUT2D eigenvalue weighted by molar-refractivity contribution is 0.0964. The average molecular weight is 482 g/mol. The Morgan fingerprint density at radius 3 is 2.67 bits per heavy atom. The van der Waals surface area contributed by atoms with Crippen molar-refractivity contribution in [2.45, 2.75) is 26.3 Å². The number of nitrogens with one attached hydrogen (secondary N) is 3. The third-order valence-electron chi connectivity index (χ3n) is 6.51. The monoisotopic (exact) mass is 481 g/mol. The summed E-state index contributed by atoms with van der Waals surface area (Å²) in [6, 6.07) is 13.6. The van der Waals surface area contributed by atoms with Gasteiger partial charge in [-0.3, -0.25) is 14.7 Å². The van der Waals surface area contributed by atoms with Crippen LogP contribution >= 0.6 is 0 Å². The van der Waals surface area contributed by atoms with Crippen LogP contribution in [0.1, 0.15) is 35.7 Å². The highest BCUT2D eigenvalue weighted by atomic mass is 16.1. The van der Waals surface area contributed by atoms with Crippen LogP contribution in [0.25, 0.3) is 11.3 Å². The van der Waals surface area contributed by atoms with Gasteiger partial charge in [-0.1, -0.05) is 12.1 Å². The summed E-state index contributed by atoms with van der Waals surface area (Å²) in [7, 11) is 0. The minimum absolute atomic E-state index is 0.0938. The Kier molecular flexibility index (Phi) is 7.44. The lowest BCUT2D eigenvalue weighted by atomic mass is 10.0. The van der Waals surface area contributed by atoms with Gasteiger partial charge in [-0.15, -0.1) is 0 Å². The molecule has 3 N–H and O–H groups in total. The SMILES string of the molecule is CC1=C(Nc2nccc(-c3cccnc3)n2)C=C(NC(=O)c2ccc(CN3CCNCC3)cc2)CC1. The molecule has 3 heterocycles. The first-order valence-electron chi connectivity index (χ1n) is 12.4. The first-order valence-corrected chi connectivity index (χ1v) is 12.4. The van der Waals surface area contributed by atoms with E-state index in [1.54, 1.807) is 18.6 Å². The van der Waals surface area contributed by atoms with E-state index in [0.717, 1.165) is 68.2 Å². The number of carbonyl (C=O) groups is 1. The fourth-order valence-electron chi connectivity index (χ4n) is 4.39. The maximum atomic E-state index is 12.9. The third-order valence-corrected chi connectivity index (χ3v) is 6.51. The van der Waals surface area contributed by atoms with E-state index in [-0.39, 0.29) is 5.91 Å². The van der Waals surface area contributed by atoms with Crippen molar-refractivity contribution in [1.82, 2.24) is 30.5 Å². The highest BCUT2D eigenvalue weighted by Gasteiger charge is 2.16. The van der Waals surface area contributed by atoms with Gasteiger partial charge in [0.2, 0.25) is 5.95 Å². The average Bonchev–Trinajstić information content (AvgIpc) is 2.92. The number of allylic oxidation sites excluding steroid dienone is 3. The molecule has 2 aromatic heterocycles. The molecule has 0 unspecified atom stereocenters. The number of hydrogen-bond donors (Lipinski definition) is 3. The summed E-state index contributed by atoms with van der Waals surface area (Å²) >= 11 is 0. The Hall–Kier alpha value is -3.88. The van der Waals surface area contributed by atoms with Crippen LogP contribution < -0.4 is 16.0 Å². The van der Waals surface area contributed by atoms with Gasteiger partial charge in [0.25, 0.3) is 5.91 Å². The first-order chi connectivity index (χ1) is 17.6. The van der Waals surface area contributed by atoms with Crippen molar-refractivity contribution in [2.75, 3.05) is 31.5 Å². The van der Waals surface area contributed by atoms with Crippen molar-refractivity contribution < 1.29 is 4.79 Å². The molecule has 36 heavy (non-hydrogen) atoms. The van der Waals surface area contributed by atoms with Crippen LogP contribution in [-0.4, -0.2) is 51.9 Å². The highest BCUT2D eigenvalue weighted by Crippen LogP contribution is 2.24. The van der Waals surface area contributed by atoms with E-state index in [1.807, 2.05) is 36.4 Å². The molecule has 0 bridgehead atoms. The number of rotatable bonds is 7. The molecule has 2 aliphatic rings. The zero-order chi connectivity index (χ0) is 24.7. The van der Waals surface area contributed by atoms with Crippen molar-refractivity contribution >= 4 is 11.9 Å². The summed E-state index contributed by atoms with van der Waals surface area (Å²) in [5.74, 6) is 0.415. The number of carbonyl (C=O) groups excluding carboxylic acids is 1. The first kappa shape index (κ1) is 23.8. The Morgan fingerprint density at radius 1 is 1.06 bits per heavy atom. The molecule has 1 aliphatic carbocycles. The molecular formula is C28H31N7O. The molecule has 1 aromatic carbocycles. The number of amides is 1. The molecule has 1 amide bonds. The molecule has 1 fully saturated rings. The van der Waals surface area contributed by atoms with Crippen LogP contribution in [0.15, 0.2) is 84.1 Å². The van der Waals surface area contributed by atoms with E-state index in [1.165, 1.54) is 11.1 Å². The summed E-state index contributed by atoms with van der Waals surface area (Å²) in [6.07, 6.45) is 8.86. The van der Waals surface area contributed by atoms with E-state index in [0.29, 0.717) is 11.5 Å². The lowest BCUT2D eigenvalue weighted by Gasteiger charge is -2.27. The number of hydrogen-bond acceptors (Lipinski definition) is 7. The van der Waals surface area contributed by atoms with Crippen LogP contribution in [0.5, 0.6) is 0 Å². The van der Waals surface area contributed by atoms with Crippen LogP contribution in [0, 0.1) is 0 Å². The molecule has 5 rings (SSSR count). The van der Waals surface area contributed by atoms with Gasteiger partial charge in [0.15, 0.2) is 0 Å². The normalized spacial score (nSPS) is 16.4. The second kappa shape index (κ2) is 11.2. The molecule has 0 saturated carbocycles. The second-order valence-corrected chi connectivity index (χ2v) is 9.17. The van der Waals surface area contributed by atoms with Crippen molar-refractivity contribution in [3.8, 4) is 11.3 Å². The van der Waals surface area contributed by atoms with Gasteiger partial charge in [-0.2, -0.15) is 0 Å². The van der Waals surface area contributed by atoms with Crippen molar-refractivity contribution in [3.05, 3.63) is 95.2 Å². The zero-order valence-electron chi connectivity index (χ0n) is 20.5. The van der Waals surface area contributed by atoms with E-state index < -0.39 is 0 Å². The van der Waals surface area contributed by atoms with Gasteiger partial charge in [0.05, 0.1) is 5.69 Å². The van der Waals surface area contributed by atoms with E-state index in [2.05, 4.69) is 54.9 Å². The summed E-state index contributed by atoms with van der Waals surface area (Å²) in [5.41, 5.74) is 6.60. The number of piperazine rings is 1. The fraction of sp³-hybridized carbons (Fsp3) is 0.286. The largest absolute Gasteiger partial charge is 0.326 e. The molecule has 3 aromatic rings. The quantitative estimate of drug-likeness (QED) is 0.473. The Morgan fingerprint density at radius 2 is 1.89 bits per heavy atom. The number of pyridine rings is 1. The van der Waals surface area contributed by atoms with E-state index in [4.69, 9.17) is 0 Å². The van der Waals surface area contributed by atoms with Gasteiger partial charge >= 0.3 is 0 Å². The number of aromatic nitrogens is 3. The summed E-state index contributed by atoms with van der Waals surface area (Å²) in [4.78, 5) is 28.5. The molecule has 8 heteroatoms. The van der Waals surface area contributed by atoms with Crippen LogP contribution in [0.2, 0.25) is 0 Å². The third kappa shape index (κ3) is 6.02. The van der Waals surface area contributed by atoms with Crippen LogP contribution in [0.4, 0.5) is 5.95 Å². The van der Waals surface area contributed by atoms with Crippen LogP contribution in [-0.2, 0) is 6.54 Å². The van der Waals surface area contributed by atoms with Crippen molar-refractivity contribution in [2.24, 2.45) is 0 Å². The molecule has 184 valence electrons. The molecular weight excluding hydrogens is 450 g/mol. The molecule has 0 atom stereocenters. The van der Waals surface area contributed by atoms with Gasteiger partial charge < -0.3 is 16.0 Å². The van der Waals surface area contributed by atoms with Crippen molar-refractivity contribution in [1.29, 1.82) is 0 Å². The topological polar surface area (TPSA) is 95.1 Å². The zero-order valence-corrected chi connectivity index (χ0v) is 20.5. The van der Waals surface area contributed by atoms with Crippen LogP contribution in [0.3, 0.4) is 0 Å². The maximum Gasteiger partial charge on any atom is 0.255 e. The molecule has 8 nitrogen and oxygen atoms in total. The number of nitrogens with zero attached hydrogens (tertiary/aromatic N) is 4. The summed E-state index contributed by atoms with van der Waals surface area (Å²) < 4.78 is 0. The number of anilines is 1. The standard InChI is InChI=1S/C28H31N7O/c1-20-4-9-24(17-26(20)34-28-31-12-10-25(33-28)23-3-2-11-30-18-23)32-27(36)22-7-5-21(6-8-22)19-35-15-13-29-14-16-35/h2-3,5-8,10-12,17-18,29H,4,9,13-16,19H2,1H3,(H,32,36)(H,31,33,34). The molecule has 0 radical (unpaired) electrons. The molecule has 0 spiro atoms. The smallest absolute Gasteiger partial charge is 0.255 e. The second-order valence-electron chi connectivity index (χ2n) is 9.17. The Labute approximate surface area is 211 Å². The predicted octanol–water partition coefficient (Wildman–Crippen LogP) is 3.74. The number of benzene rings is 1. The molecule has 1 saturated heterocycles. The summed E-state index contributed by atoms with van der Waals surface area (Å²) in [6.45, 7) is 7.17. The summed E-state index contributed by atoms with van der Waals surface area (Å²) in [5, 5.41) is 9.79. The van der Waals surface area contributed by atoms with E-state index >= 15 is 0 Å². The maximum absolute atomic E-state index is 12.9. The Bertz CT molecular complexity index is 1260. The van der Waals surface area contributed by atoms with Gasteiger partial charge in [-0.25, -0.2) is 9.97 Å². The minimum atomic E-state index is -0.0938. The van der Waals surface area contributed by atoms with Gasteiger partial charge in [0, 0.05) is 73.8 Å². The lowest BCUT2D eigenvalue weighted by Crippen LogP contribution is -2.42. The predicted molar refractivity (Wildman–Crippen MR) is 141 cm³/mol. The van der Waals surface area contributed by atoms with Gasteiger partial charge in [0.1, 0.15) is 0 Å². The highest BCUT2D eigenvalue weighted by molar-refractivity contribution is 5.95. The van der Waals surface area contributed by atoms with Gasteiger partial charge in [-0.05, 0) is 67.3 Å². The van der Waals surface area contributed by atoms with E-state index in [9.17, 15) is 4.79 Å².